The summed E-state index contributed by atoms with van der Waals surface area (Å²) in [5.74, 6) is 6.66. The second-order valence-electron chi connectivity index (χ2n) is 9.51. The lowest BCUT2D eigenvalue weighted by molar-refractivity contribution is 0.0733. The molecule has 0 saturated heterocycles. The molecule has 34 heavy (non-hydrogen) atoms. The molecule has 2 aromatic carbocycles. The highest BCUT2D eigenvalue weighted by Crippen LogP contribution is 2.34. The summed E-state index contributed by atoms with van der Waals surface area (Å²) in [5.41, 5.74) is 1.92. The van der Waals surface area contributed by atoms with Crippen molar-refractivity contribution < 1.29 is 18.3 Å². The molecule has 2 aromatic rings. The maximum absolute atomic E-state index is 13.6. The summed E-state index contributed by atoms with van der Waals surface area (Å²) < 4.78 is 34.9. The number of benzene rings is 2. The van der Waals surface area contributed by atoms with Crippen LogP contribution in [0.15, 0.2) is 53.4 Å². The summed E-state index contributed by atoms with van der Waals surface area (Å²) in [6.45, 7) is 9.15. The average molecular weight is 485 g/mol. The van der Waals surface area contributed by atoms with Crippen LogP contribution in [0, 0.1) is 23.7 Å². The first-order valence-electron chi connectivity index (χ1n) is 11.8. The minimum atomic E-state index is -3.85. The van der Waals surface area contributed by atoms with E-state index in [1.54, 1.807) is 25.1 Å². The minimum Gasteiger partial charge on any atom is -0.487 e. The molecule has 0 spiro atoms. The van der Waals surface area contributed by atoms with Crippen molar-refractivity contribution in [2.24, 2.45) is 11.8 Å². The Balaban J connectivity index is 1.99. The number of hydrogen-bond acceptors (Lipinski definition) is 5. The molecule has 6 nitrogen and oxygen atoms in total. The Labute approximate surface area is 204 Å². The molecule has 0 fully saturated rings. The smallest absolute Gasteiger partial charge is 0.247 e. The highest BCUT2D eigenvalue weighted by atomic mass is 32.2. The third kappa shape index (κ3) is 6.39. The molecule has 0 unspecified atom stereocenters. The van der Waals surface area contributed by atoms with E-state index in [1.807, 2.05) is 46.0 Å². The minimum absolute atomic E-state index is 0.0967. The lowest BCUT2D eigenvalue weighted by Crippen LogP contribution is -2.49. The van der Waals surface area contributed by atoms with Gasteiger partial charge in [-0.25, -0.2) is 8.42 Å². The highest BCUT2D eigenvalue weighted by molar-refractivity contribution is 7.89. The van der Waals surface area contributed by atoms with Crippen molar-refractivity contribution in [2.75, 3.05) is 26.7 Å². The lowest BCUT2D eigenvalue weighted by Gasteiger charge is -2.37. The van der Waals surface area contributed by atoms with Crippen LogP contribution < -0.4 is 4.74 Å². The van der Waals surface area contributed by atoms with E-state index in [1.165, 1.54) is 9.87 Å². The maximum Gasteiger partial charge on any atom is 0.247 e. The summed E-state index contributed by atoms with van der Waals surface area (Å²) in [4.78, 5) is 2.31. The number of fused-ring (bicyclic) bond motifs is 1. The van der Waals surface area contributed by atoms with Gasteiger partial charge in [-0.3, -0.25) is 4.90 Å². The highest BCUT2D eigenvalue weighted by Gasteiger charge is 2.38. The molecular weight excluding hydrogens is 448 g/mol. The van der Waals surface area contributed by atoms with Gasteiger partial charge in [-0.1, -0.05) is 62.9 Å². The van der Waals surface area contributed by atoms with Gasteiger partial charge in [0.2, 0.25) is 10.0 Å². The van der Waals surface area contributed by atoms with E-state index >= 15 is 0 Å². The fourth-order valence-corrected chi connectivity index (χ4v) is 5.84. The molecule has 0 aliphatic carbocycles. The standard InChI is InChI=1S/C27H36N2O4S/c1-20(2)11-12-23-13-14-27-25(15-23)33-26(18-28(5)17-24-9-7-6-8-10-24)21(3)16-29(22(4)19-30)34(27,31)32/h6-10,13-15,20-22,26,30H,16-19H2,1-5H3/t21-,22-,26-/m1/s1. The van der Waals surface area contributed by atoms with Crippen LogP contribution in [0.4, 0.5) is 0 Å². The Morgan fingerprint density at radius 3 is 2.53 bits per heavy atom. The normalized spacial score (nSPS) is 21.1. The van der Waals surface area contributed by atoms with Gasteiger partial charge in [-0.2, -0.15) is 4.31 Å². The molecule has 7 heteroatoms. The predicted molar refractivity (Wildman–Crippen MR) is 135 cm³/mol. The summed E-state index contributed by atoms with van der Waals surface area (Å²) in [7, 11) is -1.81. The van der Waals surface area contributed by atoms with Gasteiger partial charge >= 0.3 is 0 Å². The number of likely N-dealkylation sites (N-methyl/N-ethyl adjacent to an activating group) is 1. The van der Waals surface area contributed by atoms with Gasteiger partial charge in [0.1, 0.15) is 16.7 Å². The van der Waals surface area contributed by atoms with Gasteiger partial charge in [0.15, 0.2) is 0 Å². The number of rotatable bonds is 6. The molecule has 0 amide bonds. The van der Waals surface area contributed by atoms with Crippen LogP contribution >= 0.6 is 0 Å². The number of hydrogen-bond donors (Lipinski definition) is 1. The fourth-order valence-electron chi connectivity index (χ4n) is 4.02. The van der Waals surface area contributed by atoms with Crippen molar-refractivity contribution in [1.29, 1.82) is 0 Å². The topological polar surface area (TPSA) is 70.1 Å². The Kier molecular flexibility index (Phi) is 8.78. The van der Waals surface area contributed by atoms with Gasteiger partial charge in [0.25, 0.3) is 0 Å². The second-order valence-corrected chi connectivity index (χ2v) is 11.4. The Morgan fingerprint density at radius 2 is 1.88 bits per heavy atom. The summed E-state index contributed by atoms with van der Waals surface area (Å²) >= 11 is 0. The third-order valence-electron chi connectivity index (χ3n) is 5.96. The SMILES string of the molecule is CC(C)C#Cc1ccc2c(c1)O[C@H](CN(C)Cc1ccccc1)[C@H](C)CN([C@H](C)CO)S2(=O)=O. The average Bonchev–Trinajstić information content (AvgIpc) is 2.80. The number of nitrogens with zero attached hydrogens (tertiary/aromatic N) is 2. The Bertz CT molecular complexity index is 1120. The van der Waals surface area contributed by atoms with Crippen LogP contribution in [-0.2, 0) is 16.6 Å². The van der Waals surface area contributed by atoms with E-state index in [0.717, 1.165) is 6.54 Å². The molecule has 3 atom stereocenters. The quantitative estimate of drug-likeness (QED) is 0.635. The monoisotopic (exact) mass is 484 g/mol. The fraction of sp³-hybridized carbons (Fsp3) is 0.481. The summed E-state index contributed by atoms with van der Waals surface area (Å²) in [5, 5.41) is 9.79. The zero-order valence-corrected chi connectivity index (χ0v) is 21.5. The zero-order chi connectivity index (χ0) is 24.9. The molecule has 0 radical (unpaired) electrons. The van der Waals surface area contributed by atoms with E-state index in [0.29, 0.717) is 17.9 Å². The van der Waals surface area contributed by atoms with Gasteiger partial charge < -0.3 is 9.84 Å². The predicted octanol–water partition coefficient (Wildman–Crippen LogP) is 3.59. The van der Waals surface area contributed by atoms with Crippen LogP contribution in [-0.4, -0.2) is 61.6 Å². The van der Waals surface area contributed by atoms with Crippen LogP contribution in [0.3, 0.4) is 0 Å². The van der Waals surface area contributed by atoms with Crippen molar-refractivity contribution in [1.82, 2.24) is 9.21 Å². The molecule has 3 rings (SSSR count). The van der Waals surface area contributed by atoms with E-state index < -0.39 is 16.1 Å². The molecule has 0 saturated carbocycles. The number of sulfonamides is 1. The molecule has 184 valence electrons. The zero-order valence-electron chi connectivity index (χ0n) is 20.7. The molecule has 1 aliphatic heterocycles. The molecule has 0 bridgehead atoms. The molecular formula is C27H36N2O4S. The largest absolute Gasteiger partial charge is 0.487 e. The lowest BCUT2D eigenvalue weighted by atomic mass is 10.0. The van der Waals surface area contributed by atoms with Crippen molar-refractivity contribution in [3.05, 3.63) is 59.7 Å². The van der Waals surface area contributed by atoms with Crippen LogP contribution in [0.25, 0.3) is 0 Å². The van der Waals surface area contributed by atoms with Crippen LogP contribution in [0.2, 0.25) is 0 Å². The van der Waals surface area contributed by atoms with E-state index in [-0.39, 0.29) is 36.0 Å². The summed E-state index contributed by atoms with van der Waals surface area (Å²) in [6, 6.07) is 14.7. The first-order chi connectivity index (χ1) is 16.1. The number of aliphatic hydroxyl groups excluding tert-OH is 1. The number of ether oxygens (including phenoxy) is 1. The van der Waals surface area contributed by atoms with E-state index in [2.05, 4.69) is 28.9 Å². The van der Waals surface area contributed by atoms with Gasteiger partial charge in [-0.05, 0) is 37.7 Å². The van der Waals surface area contributed by atoms with Gasteiger partial charge in [0, 0.05) is 43.1 Å². The van der Waals surface area contributed by atoms with Crippen molar-refractivity contribution in [2.45, 2.75) is 51.3 Å². The van der Waals surface area contributed by atoms with Crippen molar-refractivity contribution in [3.63, 3.8) is 0 Å². The Morgan fingerprint density at radius 1 is 1.18 bits per heavy atom. The van der Waals surface area contributed by atoms with E-state index in [9.17, 15) is 13.5 Å². The Hall–Kier alpha value is -2.37. The van der Waals surface area contributed by atoms with Crippen LogP contribution in [0.5, 0.6) is 5.75 Å². The molecule has 1 heterocycles. The molecule has 0 aromatic heterocycles. The third-order valence-corrected chi connectivity index (χ3v) is 7.98. The second kappa shape index (κ2) is 11.4. The van der Waals surface area contributed by atoms with E-state index in [4.69, 9.17) is 4.74 Å². The van der Waals surface area contributed by atoms with Gasteiger partial charge in [-0.15, -0.1) is 0 Å². The van der Waals surface area contributed by atoms with Crippen molar-refractivity contribution >= 4 is 10.0 Å². The molecule has 1 N–H and O–H groups in total. The first-order valence-corrected chi connectivity index (χ1v) is 13.2. The maximum atomic E-state index is 13.6. The molecule has 1 aliphatic rings. The van der Waals surface area contributed by atoms with Crippen LogP contribution in [0.1, 0.15) is 38.8 Å². The van der Waals surface area contributed by atoms with Crippen molar-refractivity contribution in [3.8, 4) is 17.6 Å². The number of aliphatic hydroxyl groups is 1. The van der Waals surface area contributed by atoms with Gasteiger partial charge in [0.05, 0.1) is 6.61 Å². The first kappa shape index (κ1) is 26.2. The summed E-state index contributed by atoms with van der Waals surface area (Å²) in [6.07, 6.45) is -0.246.